The first-order valence-electron chi connectivity index (χ1n) is 10.6. The predicted octanol–water partition coefficient (Wildman–Crippen LogP) is 2.55. The number of pyridine rings is 1. The molecule has 1 fully saturated rings. The Kier molecular flexibility index (Phi) is 5.38. The number of piperazine rings is 1. The number of aryl methyl sites for hydroxylation is 1. The molecule has 0 spiro atoms. The summed E-state index contributed by atoms with van der Waals surface area (Å²) in [6, 6.07) is 15.7. The van der Waals surface area contributed by atoms with Crippen LogP contribution in [0.3, 0.4) is 0 Å². The van der Waals surface area contributed by atoms with Crippen molar-refractivity contribution in [3.8, 4) is 23.2 Å². The molecule has 8 nitrogen and oxygen atoms in total. The molecule has 0 bridgehead atoms. The van der Waals surface area contributed by atoms with Crippen LogP contribution in [0.2, 0.25) is 0 Å². The number of anilines is 1. The van der Waals surface area contributed by atoms with Crippen LogP contribution >= 0.6 is 0 Å². The average molecular weight is 422 g/mol. The summed E-state index contributed by atoms with van der Waals surface area (Å²) < 4.78 is 19.2. The lowest BCUT2D eigenvalue weighted by atomic mass is 10.2. The minimum Gasteiger partial charge on any atom is -0.486 e. The maximum Gasteiger partial charge on any atom is 0.214 e. The third-order valence-corrected chi connectivity index (χ3v) is 5.67. The maximum absolute atomic E-state index is 6.13. The van der Waals surface area contributed by atoms with Gasteiger partial charge in [-0.05, 0) is 25.1 Å². The van der Waals surface area contributed by atoms with Crippen LogP contribution in [0.5, 0.6) is 17.4 Å². The summed E-state index contributed by atoms with van der Waals surface area (Å²) in [5, 5.41) is 4.67. The second-order valence-electron chi connectivity index (χ2n) is 7.88. The van der Waals surface area contributed by atoms with Crippen molar-refractivity contribution in [1.29, 1.82) is 0 Å². The number of methoxy groups -OCH3 is 1. The molecular weight excluding hydrogens is 394 g/mol. The number of rotatable bonds is 5. The zero-order valence-corrected chi connectivity index (χ0v) is 17.9. The predicted molar refractivity (Wildman–Crippen MR) is 118 cm³/mol. The van der Waals surface area contributed by atoms with E-state index in [-0.39, 0.29) is 6.10 Å². The zero-order valence-electron chi connectivity index (χ0n) is 17.9. The van der Waals surface area contributed by atoms with Gasteiger partial charge in [0.05, 0.1) is 12.8 Å². The molecule has 1 atom stereocenters. The van der Waals surface area contributed by atoms with Gasteiger partial charge in [-0.15, -0.1) is 0 Å². The van der Waals surface area contributed by atoms with Crippen molar-refractivity contribution in [3.63, 3.8) is 0 Å². The molecular formula is C23H27N5O3. The highest BCUT2D eigenvalue weighted by Gasteiger charge is 2.26. The van der Waals surface area contributed by atoms with Crippen LogP contribution in [0, 0.1) is 6.92 Å². The summed E-state index contributed by atoms with van der Waals surface area (Å²) >= 11 is 0. The number of fused-ring (bicyclic) bond motifs is 1. The molecule has 1 aromatic carbocycles. The molecule has 0 N–H and O–H groups in total. The highest BCUT2D eigenvalue weighted by atomic mass is 16.6. The Hall–Kier alpha value is -3.26. The van der Waals surface area contributed by atoms with Gasteiger partial charge in [0.15, 0.2) is 17.3 Å². The molecule has 4 heterocycles. The molecule has 1 saturated heterocycles. The maximum atomic E-state index is 6.13. The first kappa shape index (κ1) is 19.7. The van der Waals surface area contributed by atoms with Crippen molar-refractivity contribution in [3.05, 3.63) is 54.2 Å². The lowest BCUT2D eigenvalue weighted by Crippen LogP contribution is -2.51. The van der Waals surface area contributed by atoms with E-state index in [0.29, 0.717) is 12.5 Å². The lowest BCUT2D eigenvalue weighted by Gasteiger charge is -2.38. The van der Waals surface area contributed by atoms with Gasteiger partial charge in [0.2, 0.25) is 5.88 Å². The first-order valence-corrected chi connectivity index (χ1v) is 10.6. The van der Waals surface area contributed by atoms with Crippen LogP contribution in [0.4, 0.5) is 5.82 Å². The van der Waals surface area contributed by atoms with Gasteiger partial charge in [0.1, 0.15) is 18.5 Å². The minimum absolute atomic E-state index is 0.0511. The molecule has 5 rings (SSSR count). The van der Waals surface area contributed by atoms with Crippen molar-refractivity contribution in [2.75, 3.05) is 51.3 Å². The average Bonchev–Trinajstić information content (AvgIpc) is 3.21. The van der Waals surface area contributed by atoms with Crippen molar-refractivity contribution in [2.24, 2.45) is 0 Å². The summed E-state index contributed by atoms with van der Waals surface area (Å²) in [5.41, 5.74) is 0.966. The topological polar surface area (TPSA) is 64.9 Å². The highest BCUT2D eigenvalue weighted by Crippen LogP contribution is 2.31. The Labute approximate surface area is 182 Å². The monoisotopic (exact) mass is 421 g/mol. The van der Waals surface area contributed by atoms with Crippen molar-refractivity contribution >= 4 is 5.82 Å². The Morgan fingerprint density at radius 2 is 1.84 bits per heavy atom. The number of aromatic nitrogens is 3. The Morgan fingerprint density at radius 3 is 2.65 bits per heavy atom. The molecule has 0 saturated carbocycles. The fraction of sp³-hybridized carbons (Fsp3) is 0.391. The van der Waals surface area contributed by atoms with Crippen LogP contribution in [-0.2, 0) is 0 Å². The van der Waals surface area contributed by atoms with Crippen LogP contribution in [0.15, 0.2) is 48.5 Å². The van der Waals surface area contributed by atoms with Gasteiger partial charge in [-0.1, -0.05) is 18.2 Å². The van der Waals surface area contributed by atoms with Gasteiger partial charge < -0.3 is 19.1 Å². The third-order valence-electron chi connectivity index (χ3n) is 5.67. The van der Waals surface area contributed by atoms with Gasteiger partial charge in [0, 0.05) is 44.9 Å². The third kappa shape index (κ3) is 4.16. The summed E-state index contributed by atoms with van der Waals surface area (Å²) in [6.45, 7) is 7.20. The molecule has 2 aliphatic rings. The standard InChI is InChI=1S/C23H27N5O3/c1-17-14-23(28(25-17)21-8-5-9-22(24-21)29-2)27-12-10-26(11-13-27)15-18-16-30-19-6-3-4-7-20(19)31-18/h3-9,14,18H,10-13,15-16H2,1-2H3. The fourth-order valence-corrected chi connectivity index (χ4v) is 4.12. The minimum atomic E-state index is 0.0511. The Bertz CT molecular complexity index is 1050. The quantitative estimate of drug-likeness (QED) is 0.627. The van der Waals surface area contributed by atoms with Crippen LogP contribution in [0.25, 0.3) is 5.82 Å². The van der Waals surface area contributed by atoms with E-state index in [4.69, 9.17) is 14.2 Å². The van der Waals surface area contributed by atoms with E-state index >= 15 is 0 Å². The molecule has 0 radical (unpaired) electrons. The second kappa shape index (κ2) is 8.47. The molecule has 0 aliphatic carbocycles. The second-order valence-corrected chi connectivity index (χ2v) is 7.88. The van der Waals surface area contributed by atoms with Crippen molar-refractivity contribution < 1.29 is 14.2 Å². The number of hydrogen-bond donors (Lipinski definition) is 0. The van der Waals surface area contributed by atoms with E-state index in [1.807, 2.05) is 54.1 Å². The van der Waals surface area contributed by atoms with Crippen LogP contribution in [-0.4, -0.2) is 72.2 Å². The molecule has 162 valence electrons. The summed E-state index contributed by atoms with van der Waals surface area (Å²) in [6.07, 6.45) is 0.0511. The zero-order chi connectivity index (χ0) is 21.2. The number of ether oxygens (including phenoxy) is 3. The fourth-order valence-electron chi connectivity index (χ4n) is 4.12. The normalized spacial score (nSPS) is 18.8. The van der Waals surface area contributed by atoms with E-state index in [9.17, 15) is 0 Å². The largest absolute Gasteiger partial charge is 0.486 e. The molecule has 0 amide bonds. The van der Waals surface area contributed by atoms with Gasteiger partial charge >= 0.3 is 0 Å². The van der Waals surface area contributed by atoms with Gasteiger partial charge in [-0.2, -0.15) is 14.8 Å². The summed E-state index contributed by atoms with van der Waals surface area (Å²) in [4.78, 5) is 9.36. The Morgan fingerprint density at radius 1 is 1.03 bits per heavy atom. The van der Waals surface area contributed by atoms with Crippen molar-refractivity contribution in [1.82, 2.24) is 19.7 Å². The van der Waals surface area contributed by atoms with Gasteiger partial charge in [-0.3, -0.25) is 4.90 Å². The summed E-state index contributed by atoms with van der Waals surface area (Å²) in [5.74, 6) is 4.07. The lowest BCUT2D eigenvalue weighted by molar-refractivity contribution is 0.0570. The number of hydrogen-bond acceptors (Lipinski definition) is 7. The molecule has 1 unspecified atom stereocenters. The molecule has 2 aromatic heterocycles. The van der Waals surface area contributed by atoms with Gasteiger partial charge in [0.25, 0.3) is 0 Å². The van der Waals surface area contributed by atoms with Crippen LogP contribution < -0.4 is 19.1 Å². The number of benzene rings is 1. The molecule has 31 heavy (non-hydrogen) atoms. The highest BCUT2D eigenvalue weighted by molar-refractivity contribution is 5.47. The van der Waals surface area contributed by atoms with E-state index in [0.717, 1.165) is 61.6 Å². The van der Waals surface area contributed by atoms with E-state index in [1.165, 1.54) is 0 Å². The van der Waals surface area contributed by atoms with E-state index in [1.54, 1.807) is 7.11 Å². The number of nitrogens with zero attached hydrogens (tertiary/aromatic N) is 5. The Balaban J connectivity index is 1.23. The molecule has 3 aromatic rings. The summed E-state index contributed by atoms with van der Waals surface area (Å²) in [7, 11) is 1.63. The smallest absolute Gasteiger partial charge is 0.214 e. The van der Waals surface area contributed by atoms with E-state index < -0.39 is 0 Å². The SMILES string of the molecule is COc1cccc(-n2nc(C)cc2N2CCN(CC3COc4ccccc4O3)CC2)n1. The first-order chi connectivity index (χ1) is 15.2. The van der Waals surface area contributed by atoms with Gasteiger partial charge in [-0.25, -0.2) is 0 Å². The molecule has 8 heteroatoms. The molecule has 2 aliphatic heterocycles. The van der Waals surface area contributed by atoms with E-state index in [2.05, 4.69) is 25.9 Å². The van der Waals surface area contributed by atoms with Crippen LogP contribution in [0.1, 0.15) is 5.69 Å². The van der Waals surface area contributed by atoms with Crippen molar-refractivity contribution in [2.45, 2.75) is 13.0 Å². The number of para-hydroxylation sites is 2.